The second-order valence-corrected chi connectivity index (χ2v) is 5.91. The summed E-state index contributed by atoms with van der Waals surface area (Å²) in [6, 6.07) is 11.4. The van der Waals surface area contributed by atoms with Crippen LogP contribution in [0, 0.1) is 0 Å². The van der Waals surface area contributed by atoms with Crippen molar-refractivity contribution in [2.45, 2.75) is 6.42 Å². The molecular formula is C18H14ClN3O4. The fourth-order valence-electron chi connectivity index (χ4n) is 2.53. The first-order chi connectivity index (χ1) is 12.5. The number of para-hydroxylation sites is 1. The summed E-state index contributed by atoms with van der Waals surface area (Å²) < 4.78 is 0. The number of aromatic nitrogens is 1. The van der Waals surface area contributed by atoms with E-state index in [4.69, 9.17) is 16.7 Å². The van der Waals surface area contributed by atoms with Crippen LogP contribution in [-0.2, 0) is 11.2 Å². The molecule has 0 atom stereocenters. The number of carboxylic acids is 1. The number of aromatic hydroxyl groups is 1. The predicted molar refractivity (Wildman–Crippen MR) is 97.8 cm³/mol. The predicted octanol–water partition coefficient (Wildman–Crippen LogP) is 2.92. The molecule has 0 unspecified atom stereocenters. The average molecular weight is 372 g/mol. The minimum absolute atomic E-state index is 0.0574. The molecule has 1 aromatic heterocycles. The van der Waals surface area contributed by atoms with Crippen LogP contribution < -0.4 is 5.43 Å². The van der Waals surface area contributed by atoms with E-state index in [0.717, 1.165) is 10.9 Å². The number of nitrogens with zero attached hydrogens (tertiary/aromatic N) is 1. The molecule has 0 radical (unpaired) electrons. The molecule has 0 aliphatic rings. The first kappa shape index (κ1) is 17.5. The van der Waals surface area contributed by atoms with Gasteiger partial charge in [0.05, 0.1) is 17.7 Å². The van der Waals surface area contributed by atoms with Gasteiger partial charge in [0.25, 0.3) is 5.91 Å². The number of halogens is 1. The van der Waals surface area contributed by atoms with Crippen LogP contribution in [0.2, 0.25) is 5.02 Å². The largest absolute Gasteiger partial charge is 0.506 e. The number of carbonyl (C=O) groups is 2. The number of benzene rings is 2. The highest BCUT2D eigenvalue weighted by Gasteiger charge is 2.13. The first-order valence-corrected chi connectivity index (χ1v) is 7.97. The number of hydrogen-bond donors (Lipinski definition) is 4. The van der Waals surface area contributed by atoms with Crippen LogP contribution >= 0.6 is 11.6 Å². The van der Waals surface area contributed by atoms with E-state index < -0.39 is 11.9 Å². The third kappa shape index (κ3) is 3.68. The Morgan fingerprint density at radius 2 is 2.00 bits per heavy atom. The van der Waals surface area contributed by atoms with Crippen LogP contribution in [0.5, 0.6) is 5.75 Å². The molecule has 4 N–H and O–H groups in total. The Balaban J connectivity index is 1.84. The molecular weight excluding hydrogens is 358 g/mol. The van der Waals surface area contributed by atoms with Gasteiger partial charge in [-0.25, -0.2) is 5.43 Å². The van der Waals surface area contributed by atoms with Gasteiger partial charge in [-0.2, -0.15) is 5.10 Å². The van der Waals surface area contributed by atoms with Crippen molar-refractivity contribution in [3.63, 3.8) is 0 Å². The van der Waals surface area contributed by atoms with Crippen molar-refractivity contribution in [2.24, 2.45) is 5.10 Å². The maximum absolute atomic E-state index is 12.1. The van der Waals surface area contributed by atoms with Crippen molar-refractivity contribution in [2.75, 3.05) is 0 Å². The molecule has 8 heteroatoms. The summed E-state index contributed by atoms with van der Waals surface area (Å²) >= 11 is 5.78. The smallest absolute Gasteiger partial charge is 0.309 e. The molecule has 3 rings (SSSR count). The Labute approximate surface area is 152 Å². The van der Waals surface area contributed by atoms with Crippen LogP contribution in [0.15, 0.2) is 47.6 Å². The Bertz CT molecular complexity index is 1030. The topological polar surface area (TPSA) is 115 Å². The summed E-state index contributed by atoms with van der Waals surface area (Å²) in [6.45, 7) is 0. The second kappa shape index (κ2) is 7.28. The Morgan fingerprint density at radius 1 is 1.23 bits per heavy atom. The molecule has 0 aliphatic carbocycles. The van der Waals surface area contributed by atoms with E-state index in [-0.39, 0.29) is 22.8 Å². The number of hydrazone groups is 1. The van der Waals surface area contributed by atoms with E-state index >= 15 is 0 Å². The molecule has 1 amide bonds. The zero-order valence-electron chi connectivity index (χ0n) is 13.4. The van der Waals surface area contributed by atoms with Crippen molar-refractivity contribution in [1.29, 1.82) is 0 Å². The van der Waals surface area contributed by atoms with E-state index in [0.29, 0.717) is 11.3 Å². The fraction of sp³-hybridized carbons (Fsp3) is 0.0556. The van der Waals surface area contributed by atoms with Crippen molar-refractivity contribution < 1.29 is 19.8 Å². The number of rotatable bonds is 5. The first-order valence-electron chi connectivity index (χ1n) is 7.59. The number of H-pyrrole nitrogens is 1. The van der Waals surface area contributed by atoms with E-state index in [1.54, 1.807) is 0 Å². The van der Waals surface area contributed by atoms with E-state index in [1.165, 1.54) is 24.4 Å². The molecule has 26 heavy (non-hydrogen) atoms. The third-order valence-corrected chi connectivity index (χ3v) is 4.03. The van der Waals surface area contributed by atoms with Gasteiger partial charge in [-0.3, -0.25) is 9.59 Å². The number of fused-ring (bicyclic) bond motifs is 1. The number of aromatic amines is 1. The zero-order valence-corrected chi connectivity index (χ0v) is 14.1. The van der Waals surface area contributed by atoms with E-state index in [2.05, 4.69) is 15.5 Å². The van der Waals surface area contributed by atoms with Crippen LogP contribution in [0.3, 0.4) is 0 Å². The number of amides is 1. The number of phenols is 1. The summed E-state index contributed by atoms with van der Waals surface area (Å²) in [7, 11) is 0. The highest BCUT2D eigenvalue weighted by molar-refractivity contribution is 6.32. The van der Waals surface area contributed by atoms with E-state index in [9.17, 15) is 14.7 Å². The van der Waals surface area contributed by atoms with Gasteiger partial charge < -0.3 is 15.2 Å². The molecule has 0 saturated carbocycles. The number of carbonyl (C=O) groups excluding carboxylic acids is 1. The molecule has 7 nitrogen and oxygen atoms in total. The summed E-state index contributed by atoms with van der Waals surface area (Å²) in [6.07, 6.45) is 1.20. The number of carboxylic acid groups (broad SMARTS) is 1. The molecule has 0 fully saturated rings. The van der Waals surface area contributed by atoms with Gasteiger partial charge in [-0.15, -0.1) is 0 Å². The fourth-order valence-corrected chi connectivity index (χ4v) is 2.71. The molecule has 0 aliphatic heterocycles. The lowest BCUT2D eigenvalue weighted by atomic mass is 10.1. The summed E-state index contributed by atoms with van der Waals surface area (Å²) in [5, 5.41) is 23.2. The van der Waals surface area contributed by atoms with Gasteiger partial charge in [0.2, 0.25) is 0 Å². The number of phenolic OH excluding ortho intramolecular Hbond substituents is 1. The number of hydrogen-bond acceptors (Lipinski definition) is 4. The summed E-state index contributed by atoms with van der Waals surface area (Å²) in [5.74, 6) is -1.61. The minimum atomic E-state index is -0.978. The Morgan fingerprint density at radius 3 is 2.73 bits per heavy atom. The molecule has 0 saturated heterocycles. The van der Waals surface area contributed by atoms with Gasteiger partial charge in [-0.05, 0) is 24.3 Å². The van der Waals surface area contributed by atoms with Crippen molar-refractivity contribution in [3.8, 4) is 5.75 Å². The third-order valence-electron chi connectivity index (χ3n) is 3.73. The van der Waals surface area contributed by atoms with Crippen LogP contribution in [-0.4, -0.2) is 33.3 Å². The lowest BCUT2D eigenvalue weighted by molar-refractivity contribution is -0.136. The van der Waals surface area contributed by atoms with Gasteiger partial charge >= 0.3 is 5.97 Å². The van der Waals surface area contributed by atoms with Gasteiger partial charge in [0.15, 0.2) is 0 Å². The minimum Gasteiger partial charge on any atom is -0.506 e. The molecule has 1 heterocycles. The lowest BCUT2D eigenvalue weighted by Gasteiger charge is -2.02. The van der Waals surface area contributed by atoms with E-state index in [1.807, 2.05) is 24.3 Å². The molecule has 3 aromatic rings. The monoisotopic (exact) mass is 371 g/mol. The summed E-state index contributed by atoms with van der Waals surface area (Å²) in [5.41, 5.74) is 4.45. The highest BCUT2D eigenvalue weighted by atomic mass is 35.5. The average Bonchev–Trinajstić information content (AvgIpc) is 2.94. The standard InChI is InChI=1S/C18H14ClN3O4/c19-13-7-10(5-6-16(13)23)18(26)22-20-9-12-11-3-1-2-4-14(11)21-15(12)8-17(24)25/h1-7,9,21,23H,8H2,(H,22,26)(H,24,25). The Kier molecular flexibility index (Phi) is 4.90. The Hall–Kier alpha value is -3.32. The van der Waals surface area contributed by atoms with Crippen LogP contribution in [0.25, 0.3) is 10.9 Å². The molecule has 2 aromatic carbocycles. The zero-order chi connectivity index (χ0) is 18.7. The van der Waals surface area contributed by atoms with Gasteiger partial charge in [-0.1, -0.05) is 29.8 Å². The maximum atomic E-state index is 12.1. The van der Waals surface area contributed by atoms with Crippen LogP contribution in [0.4, 0.5) is 0 Å². The van der Waals surface area contributed by atoms with Crippen molar-refractivity contribution in [3.05, 3.63) is 64.3 Å². The van der Waals surface area contributed by atoms with Crippen molar-refractivity contribution >= 4 is 40.6 Å². The normalized spacial score (nSPS) is 11.1. The second-order valence-electron chi connectivity index (χ2n) is 5.50. The maximum Gasteiger partial charge on any atom is 0.309 e. The van der Waals surface area contributed by atoms with Crippen molar-refractivity contribution in [1.82, 2.24) is 10.4 Å². The van der Waals surface area contributed by atoms with Crippen LogP contribution in [0.1, 0.15) is 21.6 Å². The molecule has 132 valence electrons. The highest BCUT2D eigenvalue weighted by Crippen LogP contribution is 2.24. The quantitative estimate of drug-likeness (QED) is 0.407. The number of nitrogens with one attached hydrogen (secondary N) is 2. The van der Waals surface area contributed by atoms with Gasteiger partial charge in [0.1, 0.15) is 5.75 Å². The lowest BCUT2D eigenvalue weighted by Crippen LogP contribution is -2.17. The SMILES string of the molecule is O=C(O)Cc1[nH]c2ccccc2c1C=NNC(=O)c1ccc(O)c(Cl)c1. The van der Waals surface area contributed by atoms with Gasteiger partial charge in [0, 0.05) is 27.7 Å². The molecule has 0 bridgehead atoms. The number of aliphatic carboxylic acids is 1. The summed E-state index contributed by atoms with van der Waals surface area (Å²) in [4.78, 5) is 26.2. The molecule has 0 spiro atoms.